The Morgan fingerprint density at radius 1 is 1.21 bits per heavy atom. The molecule has 1 aromatic heterocycles. The first-order chi connectivity index (χ1) is 11.7. The third kappa shape index (κ3) is 3.47. The van der Waals surface area contributed by atoms with Crippen molar-refractivity contribution >= 4 is 28.6 Å². The molecule has 1 N–H and O–H groups in total. The normalized spacial score (nSPS) is 12.2. The van der Waals surface area contributed by atoms with Crippen LogP contribution in [-0.4, -0.2) is 25.8 Å². The van der Waals surface area contributed by atoms with E-state index < -0.39 is 0 Å². The SMILES string of the molecule is COC(CNC(=O)c1ccccc1SC)c1cc2ccccc2o1. The molecule has 1 heterocycles. The highest BCUT2D eigenvalue weighted by molar-refractivity contribution is 7.98. The lowest BCUT2D eigenvalue weighted by Gasteiger charge is -2.14. The van der Waals surface area contributed by atoms with Gasteiger partial charge in [-0.05, 0) is 30.5 Å². The van der Waals surface area contributed by atoms with E-state index in [1.807, 2.05) is 60.9 Å². The minimum Gasteiger partial charge on any atom is -0.458 e. The van der Waals surface area contributed by atoms with Crippen molar-refractivity contribution in [3.05, 3.63) is 65.9 Å². The molecule has 2 aromatic carbocycles. The molecule has 1 atom stereocenters. The number of fused-ring (bicyclic) bond motifs is 1. The molecule has 0 radical (unpaired) electrons. The number of methoxy groups -OCH3 is 1. The molecule has 4 nitrogen and oxygen atoms in total. The Morgan fingerprint density at radius 2 is 1.96 bits per heavy atom. The van der Waals surface area contributed by atoms with E-state index in [4.69, 9.17) is 9.15 Å². The van der Waals surface area contributed by atoms with Gasteiger partial charge in [-0.25, -0.2) is 0 Å². The van der Waals surface area contributed by atoms with Gasteiger partial charge in [-0.15, -0.1) is 11.8 Å². The molecular formula is C19H19NO3S. The van der Waals surface area contributed by atoms with E-state index in [-0.39, 0.29) is 12.0 Å². The van der Waals surface area contributed by atoms with Gasteiger partial charge in [0.25, 0.3) is 5.91 Å². The van der Waals surface area contributed by atoms with E-state index in [1.54, 1.807) is 18.9 Å². The topological polar surface area (TPSA) is 51.5 Å². The van der Waals surface area contributed by atoms with Crippen molar-refractivity contribution in [1.29, 1.82) is 0 Å². The molecule has 0 fully saturated rings. The monoisotopic (exact) mass is 341 g/mol. The van der Waals surface area contributed by atoms with Crippen LogP contribution in [0.15, 0.2) is 63.9 Å². The number of para-hydroxylation sites is 1. The Morgan fingerprint density at radius 3 is 2.71 bits per heavy atom. The summed E-state index contributed by atoms with van der Waals surface area (Å²) < 4.78 is 11.3. The predicted molar refractivity (Wildman–Crippen MR) is 96.5 cm³/mol. The van der Waals surface area contributed by atoms with E-state index in [0.29, 0.717) is 17.9 Å². The highest BCUT2D eigenvalue weighted by Crippen LogP contribution is 2.25. The van der Waals surface area contributed by atoms with E-state index in [9.17, 15) is 4.79 Å². The number of hydrogen-bond donors (Lipinski definition) is 1. The highest BCUT2D eigenvalue weighted by Gasteiger charge is 2.18. The van der Waals surface area contributed by atoms with Crippen molar-refractivity contribution in [2.45, 2.75) is 11.0 Å². The molecule has 1 amide bonds. The number of furan rings is 1. The predicted octanol–water partition coefficient (Wildman–Crippen LogP) is 4.27. The molecule has 0 aliphatic heterocycles. The Kier molecular flexibility index (Phi) is 5.23. The molecule has 3 aromatic rings. The summed E-state index contributed by atoms with van der Waals surface area (Å²) in [6.45, 7) is 0.345. The average Bonchev–Trinajstić information content (AvgIpc) is 3.05. The quantitative estimate of drug-likeness (QED) is 0.680. The number of rotatable bonds is 6. The van der Waals surface area contributed by atoms with Crippen LogP contribution in [-0.2, 0) is 4.74 Å². The van der Waals surface area contributed by atoms with E-state index in [2.05, 4.69) is 5.32 Å². The highest BCUT2D eigenvalue weighted by atomic mass is 32.2. The summed E-state index contributed by atoms with van der Waals surface area (Å²) in [6.07, 6.45) is 1.63. The van der Waals surface area contributed by atoms with E-state index in [0.717, 1.165) is 15.9 Å². The van der Waals surface area contributed by atoms with Crippen LogP contribution in [0.3, 0.4) is 0 Å². The summed E-state index contributed by atoms with van der Waals surface area (Å²) >= 11 is 1.55. The molecule has 0 saturated carbocycles. The second kappa shape index (κ2) is 7.55. The van der Waals surface area contributed by atoms with Crippen LogP contribution in [0.4, 0.5) is 0 Å². The first-order valence-electron chi connectivity index (χ1n) is 7.65. The summed E-state index contributed by atoms with van der Waals surface area (Å²) in [5.74, 6) is 0.593. The molecule has 5 heteroatoms. The standard InChI is InChI=1S/C19H19NO3S/c1-22-17(16-11-13-7-3-5-9-15(13)23-16)12-20-19(21)14-8-4-6-10-18(14)24-2/h3-11,17H,12H2,1-2H3,(H,20,21). The average molecular weight is 341 g/mol. The van der Waals surface area contributed by atoms with Gasteiger partial charge < -0.3 is 14.5 Å². The van der Waals surface area contributed by atoms with Crippen molar-refractivity contribution in [1.82, 2.24) is 5.32 Å². The zero-order chi connectivity index (χ0) is 16.9. The summed E-state index contributed by atoms with van der Waals surface area (Å²) in [5, 5.41) is 3.95. The van der Waals surface area contributed by atoms with Crippen LogP contribution in [0.5, 0.6) is 0 Å². The summed E-state index contributed by atoms with van der Waals surface area (Å²) in [5.41, 5.74) is 1.48. The minimum atomic E-state index is -0.331. The van der Waals surface area contributed by atoms with Gasteiger partial charge in [0.2, 0.25) is 0 Å². The zero-order valence-electron chi connectivity index (χ0n) is 13.6. The van der Waals surface area contributed by atoms with Gasteiger partial charge in [0.05, 0.1) is 12.1 Å². The van der Waals surface area contributed by atoms with Gasteiger partial charge in [-0.1, -0.05) is 30.3 Å². The van der Waals surface area contributed by atoms with Crippen LogP contribution in [0.25, 0.3) is 11.0 Å². The largest absolute Gasteiger partial charge is 0.458 e. The number of benzene rings is 2. The van der Waals surface area contributed by atoms with Crippen LogP contribution in [0.2, 0.25) is 0 Å². The van der Waals surface area contributed by atoms with Crippen LogP contribution in [0, 0.1) is 0 Å². The molecule has 0 saturated heterocycles. The Balaban J connectivity index is 1.72. The van der Waals surface area contributed by atoms with E-state index >= 15 is 0 Å². The first-order valence-corrected chi connectivity index (χ1v) is 8.88. The lowest BCUT2D eigenvalue weighted by atomic mass is 10.2. The van der Waals surface area contributed by atoms with Crippen molar-refractivity contribution in [3.63, 3.8) is 0 Å². The fourth-order valence-corrected chi connectivity index (χ4v) is 3.17. The summed E-state index contributed by atoms with van der Waals surface area (Å²) in [4.78, 5) is 13.4. The number of hydrogen-bond acceptors (Lipinski definition) is 4. The van der Waals surface area contributed by atoms with Crippen molar-refractivity contribution < 1.29 is 13.9 Å². The minimum absolute atomic E-state index is 0.113. The van der Waals surface area contributed by atoms with Crippen molar-refractivity contribution in [2.75, 3.05) is 19.9 Å². The maximum absolute atomic E-state index is 12.4. The van der Waals surface area contributed by atoms with Gasteiger partial charge in [0, 0.05) is 17.4 Å². The van der Waals surface area contributed by atoms with Crippen molar-refractivity contribution in [3.8, 4) is 0 Å². The number of carbonyl (C=O) groups is 1. The van der Waals surface area contributed by atoms with Gasteiger partial charge in [0.15, 0.2) is 0 Å². The summed E-state index contributed by atoms with van der Waals surface area (Å²) in [7, 11) is 1.61. The number of thioether (sulfide) groups is 1. The number of ether oxygens (including phenoxy) is 1. The Bertz CT molecular complexity index is 810. The lowest BCUT2D eigenvalue weighted by Crippen LogP contribution is -2.29. The molecule has 3 rings (SSSR count). The molecule has 0 aliphatic rings. The molecule has 0 aliphatic carbocycles. The molecule has 24 heavy (non-hydrogen) atoms. The number of nitrogens with one attached hydrogen (secondary N) is 1. The molecule has 0 spiro atoms. The number of amides is 1. The maximum Gasteiger partial charge on any atom is 0.252 e. The van der Waals surface area contributed by atoms with Crippen LogP contribution >= 0.6 is 11.8 Å². The van der Waals surface area contributed by atoms with Gasteiger partial charge in [-0.2, -0.15) is 0 Å². The Labute approximate surface area is 145 Å². The fourth-order valence-electron chi connectivity index (χ4n) is 2.57. The smallest absolute Gasteiger partial charge is 0.252 e. The lowest BCUT2D eigenvalue weighted by molar-refractivity contribution is 0.0745. The zero-order valence-corrected chi connectivity index (χ0v) is 14.4. The maximum atomic E-state index is 12.4. The van der Waals surface area contributed by atoms with Crippen LogP contribution in [0.1, 0.15) is 22.2 Å². The molecule has 124 valence electrons. The third-order valence-corrected chi connectivity index (χ3v) is 4.64. The first kappa shape index (κ1) is 16.6. The second-order valence-electron chi connectivity index (χ2n) is 5.32. The summed E-state index contributed by atoms with van der Waals surface area (Å²) in [6, 6.07) is 17.3. The van der Waals surface area contributed by atoms with Gasteiger partial charge >= 0.3 is 0 Å². The van der Waals surface area contributed by atoms with Crippen molar-refractivity contribution in [2.24, 2.45) is 0 Å². The molecule has 0 bridgehead atoms. The third-order valence-electron chi connectivity index (χ3n) is 3.85. The molecular weight excluding hydrogens is 322 g/mol. The van der Waals surface area contributed by atoms with Gasteiger partial charge in [-0.3, -0.25) is 4.79 Å². The van der Waals surface area contributed by atoms with Crippen LogP contribution < -0.4 is 5.32 Å². The number of carbonyl (C=O) groups excluding carboxylic acids is 1. The van der Waals surface area contributed by atoms with E-state index in [1.165, 1.54) is 0 Å². The second-order valence-corrected chi connectivity index (χ2v) is 6.17. The molecule has 1 unspecified atom stereocenters. The van der Waals surface area contributed by atoms with Gasteiger partial charge in [0.1, 0.15) is 17.4 Å². The fraction of sp³-hybridized carbons (Fsp3) is 0.211. The Hall–Kier alpha value is -2.24.